The van der Waals surface area contributed by atoms with Gasteiger partial charge in [-0.05, 0) is 67.4 Å². The van der Waals surface area contributed by atoms with Gasteiger partial charge in [0.1, 0.15) is 5.75 Å². The molecule has 1 fully saturated rings. The van der Waals surface area contributed by atoms with E-state index >= 15 is 0 Å². The van der Waals surface area contributed by atoms with E-state index in [2.05, 4.69) is 27.3 Å². The second kappa shape index (κ2) is 10.0. The molecule has 2 aromatic carbocycles. The van der Waals surface area contributed by atoms with Gasteiger partial charge in [-0.25, -0.2) is 4.98 Å². The van der Waals surface area contributed by atoms with Crippen molar-refractivity contribution in [1.82, 2.24) is 15.2 Å². The number of ether oxygens (including phenoxy) is 1. The highest BCUT2D eigenvalue weighted by atomic mass is 19.4. The molecule has 4 rings (SSSR count). The van der Waals surface area contributed by atoms with Crippen molar-refractivity contribution < 1.29 is 22.7 Å². The minimum Gasteiger partial charge on any atom is -0.439 e. The molecular formula is C25H24F3N3O2. The van der Waals surface area contributed by atoms with Crippen molar-refractivity contribution in [3.63, 3.8) is 0 Å². The summed E-state index contributed by atoms with van der Waals surface area (Å²) in [4.78, 5) is 18.6. The molecule has 1 amide bonds. The van der Waals surface area contributed by atoms with E-state index in [1.165, 1.54) is 18.4 Å². The minimum atomic E-state index is -4.45. The number of likely N-dealkylation sites (tertiary alicyclic amines) is 1. The van der Waals surface area contributed by atoms with Crippen LogP contribution >= 0.6 is 0 Å². The molecule has 8 heteroatoms. The van der Waals surface area contributed by atoms with E-state index in [0.29, 0.717) is 17.9 Å². The molecular weight excluding hydrogens is 431 g/mol. The number of amides is 1. The van der Waals surface area contributed by atoms with Crippen LogP contribution in [0, 0.1) is 0 Å². The second-order valence-electron chi connectivity index (χ2n) is 7.99. The van der Waals surface area contributed by atoms with Crippen molar-refractivity contribution in [2.45, 2.75) is 32.1 Å². The number of alkyl halides is 3. The van der Waals surface area contributed by atoms with Gasteiger partial charge in [0.25, 0.3) is 5.91 Å². The molecule has 1 aliphatic heterocycles. The van der Waals surface area contributed by atoms with Gasteiger partial charge in [-0.2, -0.15) is 13.2 Å². The van der Waals surface area contributed by atoms with Crippen LogP contribution in [0.15, 0.2) is 66.9 Å². The number of carbonyl (C=O) groups is 1. The van der Waals surface area contributed by atoms with Gasteiger partial charge >= 0.3 is 6.18 Å². The number of halogens is 3. The van der Waals surface area contributed by atoms with Crippen LogP contribution in [-0.4, -0.2) is 28.9 Å². The third kappa shape index (κ3) is 6.32. The summed E-state index contributed by atoms with van der Waals surface area (Å²) in [6.45, 7) is 3.69. The van der Waals surface area contributed by atoms with Crippen molar-refractivity contribution in [1.29, 1.82) is 0 Å². The van der Waals surface area contributed by atoms with Crippen molar-refractivity contribution >= 4 is 5.91 Å². The zero-order valence-corrected chi connectivity index (χ0v) is 17.9. The Morgan fingerprint density at radius 3 is 2.21 bits per heavy atom. The fourth-order valence-corrected chi connectivity index (χ4v) is 3.65. The van der Waals surface area contributed by atoms with Crippen molar-refractivity contribution in [3.05, 3.63) is 89.1 Å². The van der Waals surface area contributed by atoms with Crippen LogP contribution in [0.2, 0.25) is 0 Å². The number of benzene rings is 2. The summed E-state index contributed by atoms with van der Waals surface area (Å²) >= 11 is 0. The van der Waals surface area contributed by atoms with Crippen molar-refractivity contribution in [2.75, 3.05) is 13.1 Å². The van der Waals surface area contributed by atoms with Gasteiger partial charge < -0.3 is 10.1 Å². The van der Waals surface area contributed by atoms with E-state index in [1.807, 2.05) is 12.1 Å². The smallest absolute Gasteiger partial charge is 0.417 e. The zero-order valence-electron chi connectivity index (χ0n) is 17.9. The maximum atomic E-state index is 12.6. The number of hydrogen-bond donors (Lipinski definition) is 1. The van der Waals surface area contributed by atoms with Gasteiger partial charge in [0, 0.05) is 30.9 Å². The number of aromatic nitrogens is 1. The Bertz CT molecular complexity index is 1060. The molecule has 2 heterocycles. The van der Waals surface area contributed by atoms with Crippen LogP contribution in [0.1, 0.15) is 39.9 Å². The van der Waals surface area contributed by atoms with Crippen molar-refractivity contribution in [2.24, 2.45) is 0 Å². The van der Waals surface area contributed by atoms with Gasteiger partial charge in [-0.1, -0.05) is 24.3 Å². The van der Waals surface area contributed by atoms with Gasteiger partial charge in [0.2, 0.25) is 5.88 Å². The molecule has 172 valence electrons. The Morgan fingerprint density at radius 1 is 0.939 bits per heavy atom. The summed E-state index contributed by atoms with van der Waals surface area (Å²) in [5.41, 5.74) is 1.89. The van der Waals surface area contributed by atoms with Gasteiger partial charge in [0.05, 0.1) is 5.56 Å². The van der Waals surface area contributed by atoms with Crippen LogP contribution in [0.4, 0.5) is 13.2 Å². The molecule has 1 aromatic heterocycles. The first-order valence-electron chi connectivity index (χ1n) is 10.8. The van der Waals surface area contributed by atoms with Crippen LogP contribution in [0.5, 0.6) is 11.6 Å². The first kappa shape index (κ1) is 22.8. The number of nitrogens with zero attached hydrogens (tertiary/aromatic N) is 2. The molecule has 5 nitrogen and oxygen atoms in total. The van der Waals surface area contributed by atoms with Crippen LogP contribution < -0.4 is 10.1 Å². The number of hydrogen-bond acceptors (Lipinski definition) is 4. The molecule has 0 unspecified atom stereocenters. The monoisotopic (exact) mass is 455 g/mol. The summed E-state index contributed by atoms with van der Waals surface area (Å²) in [6, 6.07) is 16.6. The Balaban J connectivity index is 1.27. The highest BCUT2D eigenvalue weighted by molar-refractivity contribution is 5.94. The molecule has 0 saturated carbocycles. The van der Waals surface area contributed by atoms with E-state index in [0.717, 1.165) is 43.5 Å². The molecule has 1 aliphatic rings. The predicted molar refractivity (Wildman–Crippen MR) is 118 cm³/mol. The Hall–Kier alpha value is -3.39. The highest BCUT2D eigenvalue weighted by Gasteiger charge is 2.30. The quantitative estimate of drug-likeness (QED) is 0.517. The maximum Gasteiger partial charge on any atom is 0.417 e. The highest BCUT2D eigenvalue weighted by Crippen LogP contribution is 2.30. The fourth-order valence-electron chi connectivity index (χ4n) is 3.65. The molecule has 0 aliphatic carbocycles. The molecule has 33 heavy (non-hydrogen) atoms. The lowest BCUT2D eigenvalue weighted by atomic mass is 10.1. The Kier molecular flexibility index (Phi) is 6.93. The number of carbonyl (C=O) groups excluding carboxylic acids is 1. The summed E-state index contributed by atoms with van der Waals surface area (Å²) in [7, 11) is 0. The van der Waals surface area contributed by atoms with Gasteiger partial charge in [-0.15, -0.1) is 0 Å². The average molecular weight is 455 g/mol. The van der Waals surface area contributed by atoms with E-state index in [-0.39, 0.29) is 11.8 Å². The number of pyridine rings is 1. The summed E-state index contributed by atoms with van der Waals surface area (Å²) in [5, 5.41) is 2.89. The van der Waals surface area contributed by atoms with E-state index in [4.69, 9.17) is 4.74 Å². The first-order chi connectivity index (χ1) is 15.9. The van der Waals surface area contributed by atoms with Crippen LogP contribution in [0.3, 0.4) is 0 Å². The minimum absolute atomic E-state index is 0.0355. The van der Waals surface area contributed by atoms with E-state index in [1.54, 1.807) is 24.3 Å². The topological polar surface area (TPSA) is 54.5 Å². The fraction of sp³-hybridized carbons (Fsp3) is 0.280. The van der Waals surface area contributed by atoms with Crippen molar-refractivity contribution in [3.8, 4) is 11.6 Å². The summed E-state index contributed by atoms with van der Waals surface area (Å²) in [6.07, 6.45) is -1.20. The van der Waals surface area contributed by atoms with E-state index < -0.39 is 11.7 Å². The molecule has 3 aromatic rings. The molecule has 0 bridgehead atoms. The molecule has 1 N–H and O–H groups in total. The average Bonchev–Trinajstić information content (AvgIpc) is 3.32. The largest absolute Gasteiger partial charge is 0.439 e. The standard InChI is InChI=1S/C25H24F3N3O2/c26-25(27,28)21-9-12-23(29-16-21)33-22-10-7-20(8-11-22)24(32)30-15-18-3-5-19(6-4-18)17-31-13-1-2-14-31/h3-12,16H,1-2,13-15,17H2,(H,30,32). The van der Waals surface area contributed by atoms with Crippen LogP contribution in [-0.2, 0) is 19.3 Å². The lowest BCUT2D eigenvalue weighted by Crippen LogP contribution is -2.22. The lowest BCUT2D eigenvalue weighted by molar-refractivity contribution is -0.137. The molecule has 0 radical (unpaired) electrons. The van der Waals surface area contributed by atoms with Crippen LogP contribution in [0.25, 0.3) is 0 Å². The lowest BCUT2D eigenvalue weighted by Gasteiger charge is -2.14. The molecule has 1 saturated heterocycles. The van der Waals surface area contributed by atoms with E-state index in [9.17, 15) is 18.0 Å². The number of nitrogens with one attached hydrogen (secondary N) is 1. The summed E-state index contributed by atoms with van der Waals surface area (Å²) in [5.74, 6) is 0.177. The van der Waals surface area contributed by atoms with Gasteiger partial charge in [0.15, 0.2) is 0 Å². The second-order valence-corrected chi connectivity index (χ2v) is 7.99. The zero-order chi connectivity index (χ0) is 23.3. The predicted octanol–water partition coefficient (Wildman–Crippen LogP) is 5.42. The van der Waals surface area contributed by atoms with Gasteiger partial charge in [-0.3, -0.25) is 9.69 Å². The summed E-state index contributed by atoms with van der Waals surface area (Å²) < 4.78 is 43.3. The third-order valence-corrected chi connectivity index (χ3v) is 5.48. The Labute approximate surface area is 190 Å². The number of rotatable bonds is 7. The third-order valence-electron chi connectivity index (χ3n) is 5.48. The SMILES string of the molecule is O=C(NCc1ccc(CN2CCCC2)cc1)c1ccc(Oc2ccc(C(F)(F)F)cn2)cc1. The Morgan fingerprint density at radius 2 is 1.61 bits per heavy atom. The molecule has 0 spiro atoms. The maximum absolute atomic E-state index is 12.6. The normalized spacial score (nSPS) is 14.3. The first-order valence-corrected chi connectivity index (χ1v) is 10.8. The molecule has 0 atom stereocenters.